The number of nitrogens with zero attached hydrogens (tertiary/aromatic N) is 2. The van der Waals surface area contributed by atoms with Crippen LogP contribution in [0, 0.1) is 0 Å². The molecule has 3 aromatic rings. The fraction of sp³-hybridized carbons (Fsp3) is 0.0909. The summed E-state index contributed by atoms with van der Waals surface area (Å²) in [6, 6.07) is 15.9. The molecular formula is C22H20N4O3S. The quantitative estimate of drug-likeness (QED) is 0.593. The largest absolute Gasteiger partial charge is 0.355 e. The van der Waals surface area contributed by atoms with Gasteiger partial charge in [0.1, 0.15) is 0 Å². The summed E-state index contributed by atoms with van der Waals surface area (Å²) >= 11 is 1.31. The van der Waals surface area contributed by atoms with E-state index in [1.54, 1.807) is 42.8 Å². The summed E-state index contributed by atoms with van der Waals surface area (Å²) in [5, 5.41) is 7.54. The number of aromatic nitrogens is 1. The summed E-state index contributed by atoms with van der Waals surface area (Å²) in [5.41, 5.74) is 2.25. The van der Waals surface area contributed by atoms with E-state index < -0.39 is 0 Å². The van der Waals surface area contributed by atoms with Crippen LogP contribution < -0.4 is 15.5 Å². The molecule has 152 valence electrons. The average molecular weight is 420 g/mol. The molecule has 1 heterocycles. The van der Waals surface area contributed by atoms with Gasteiger partial charge in [-0.05, 0) is 36.4 Å². The van der Waals surface area contributed by atoms with Crippen LogP contribution in [-0.2, 0) is 9.59 Å². The Labute approximate surface area is 178 Å². The second-order valence-corrected chi connectivity index (χ2v) is 7.06. The van der Waals surface area contributed by atoms with Crippen LogP contribution in [0.2, 0.25) is 0 Å². The molecule has 0 fully saturated rings. The molecule has 30 heavy (non-hydrogen) atoms. The SMILES string of the molecule is CNC(=O)c1cccc(NC(=O)C=Cc2csc(N(C(C)=O)c3ccccc3)n2)c1. The van der Waals surface area contributed by atoms with E-state index in [0.29, 0.717) is 22.1 Å². The smallest absolute Gasteiger partial charge is 0.251 e. The van der Waals surface area contributed by atoms with Gasteiger partial charge in [-0.15, -0.1) is 11.3 Å². The van der Waals surface area contributed by atoms with E-state index in [9.17, 15) is 14.4 Å². The first-order valence-electron chi connectivity index (χ1n) is 9.10. The van der Waals surface area contributed by atoms with Crippen molar-refractivity contribution in [1.82, 2.24) is 10.3 Å². The van der Waals surface area contributed by atoms with E-state index in [1.807, 2.05) is 30.3 Å². The van der Waals surface area contributed by atoms with Crippen molar-refractivity contribution in [3.05, 3.63) is 77.3 Å². The Bertz CT molecular complexity index is 1090. The molecule has 3 amide bonds. The highest BCUT2D eigenvalue weighted by atomic mass is 32.1. The first kappa shape index (κ1) is 20.9. The minimum Gasteiger partial charge on any atom is -0.355 e. The lowest BCUT2D eigenvalue weighted by Crippen LogP contribution is -2.22. The molecule has 0 saturated heterocycles. The van der Waals surface area contributed by atoms with E-state index in [-0.39, 0.29) is 17.7 Å². The lowest BCUT2D eigenvalue weighted by molar-refractivity contribution is -0.116. The molecular weight excluding hydrogens is 400 g/mol. The van der Waals surface area contributed by atoms with Crippen molar-refractivity contribution < 1.29 is 14.4 Å². The van der Waals surface area contributed by atoms with Gasteiger partial charge in [-0.25, -0.2) is 4.98 Å². The van der Waals surface area contributed by atoms with E-state index in [0.717, 1.165) is 5.69 Å². The van der Waals surface area contributed by atoms with Crippen LogP contribution in [-0.4, -0.2) is 29.8 Å². The Morgan fingerprint density at radius 1 is 1.07 bits per heavy atom. The molecule has 0 aliphatic heterocycles. The molecule has 0 aliphatic carbocycles. The number of amides is 3. The summed E-state index contributed by atoms with van der Waals surface area (Å²) in [5.74, 6) is -0.741. The zero-order chi connectivity index (χ0) is 21.5. The standard InChI is InChI=1S/C22H20N4O3S/c1-15(27)26(19-9-4-3-5-10-19)22-25-18(14-30-22)11-12-20(28)24-17-8-6-7-16(13-17)21(29)23-2/h3-14H,1-2H3,(H,23,29)(H,24,28). The van der Waals surface area contributed by atoms with E-state index in [1.165, 1.54) is 29.2 Å². The summed E-state index contributed by atoms with van der Waals surface area (Å²) in [6.07, 6.45) is 2.92. The van der Waals surface area contributed by atoms with Gasteiger partial charge in [0.25, 0.3) is 5.91 Å². The average Bonchev–Trinajstić information content (AvgIpc) is 3.21. The zero-order valence-corrected chi connectivity index (χ0v) is 17.3. The predicted octanol–water partition coefficient (Wildman–Crippen LogP) is 3.84. The molecule has 2 N–H and O–H groups in total. The van der Waals surface area contributed by atoms with Crippen molar-refractivity contribution in [2.24, 2.45) is 0 Å². The molecule has 0 atom stereocenters. The monoisotopic (exact) mass is 420 g/mol. The summed E-state index contributed by atoms with van der Waals surface area (Å²) < 4.78 is 0. The van der Waals surface area contributed by atoms with Gasteiger partial charge in [0.05, 0.1) is 11.4 Å². The number of nitrogens with one attached hydrogen (secondary N) is 2. The topological polar surface area (TPSA) is 91.4 Å². The Morgan fingerprint density at radius 3 is 2.53 bits per heavy atom. The van der Waals surface area contributed by atoms with Crippen molar-refractivity contribution in [3.63, 3.8) is 0 Å². The summed E-state index contributed by atoms with van der Waals surface area (Å²) in [4.78, 5) is 42.0. The van der Waals surface area contributed by atoms with Gasteiger partial charge in [-0.3, -0.25) is 19.3 Å². The first-order valence-corrected chi connectivity index (χ1v) is 9.98. The zero-order valence-electron chi connectivity index (χ0n) is 16.5. The number of hydrogen-bond acceptors (Lipinski definition) is 5. The maximum atomic E-state index is 12.2. The van der Waals surface area contributed by atoms with Crippen LogP contribution in [0.15, 0.2) is 66.1 Å². The molecule has 0 radical (unpaired) electrons. The third-order valence-electron chi connectivity index (χ3n) is 4.06. The third kappa shape index (κ3) is 5.18. The summed E-state index contributed by atoms with van der Waals surface area (Å²) in [6.45, 7) is 1.48. The number of carbonyl (C=O) groups excluding carboxylic acids is 3. The van der Waals surface area contributed by atoms with Gasteiger partial charge in [0.15, 0.2) is 5.13 Å². The van der Waals surface area contributed by atoms with E-state index in [2.05, 4.69) is 15.6 Å². The minimum absolute atomic E-state index is 0.153. The number of para-hydroxylation sites is 1. The third-order valence-corrected chi connectivity index (χ3v) is 4.90. The molecule has 0 unspecified atom stereocenters. The lowest BCUT2D eigenvalue weighted by atomic mass is 10.2. The Morgan fingerprint density at radius 2 is 1.83 bits per heavy atom. The van der Waals surface area contributed by atoms with Gasteiger partial charge in [0.2, 0.25) is 11.8 Å². The Kier molecular flexibility index (Phi) is 6.71. The van der Waals surface area contributed by atoms with E-state index >= 15 is 0 Å². The maximum Gasteiger partial charge on any atom is 0.251 e. The summed E-state index contributed by atoms with van der Waals surface area (Å²) in [7, 11) is 1.55. The number of thiazole rings is 1. The molecule has 0 aliphatic rings. The van der Waals surface area contributed by atoms with Gasteiger partial charge < -0.3 is 10.6 Å². The van der Waals surface area contributed by atoms with Crippen molar-refractivity contribution in [2.45, 2.75) is 6.92 Å². The van der Waals surface area contributed by atoms with Crippen molar-refractivity contribution in [2.75, 3.05) is 17.3 Å². The highest BCUT2D eigenvalue weighted by Gasteiger charge is 2.17. The highest BCUT2D eigenvalue weighted by molar-refractivity contribution is 7.14. The van der Waals surface area contributed by atoms with Crippen LogP contribution in [0.5, 0.6) is 0 Å². The number of hydrogen-bond donors (Lipinski definition) is 2. The van der Waals surface area contributed by atoms with Crippen LogP contribution in [0.25, 0.3) is 6.08 Å². The number of benzene rings is 2. The van der Waals surface area contributed by atoms with Crippen molar-refractivity contribution in [1.29, 1.82) is 0 Å². The second-order valence-electron chi connectivity index (χ2n) is 6.23. The van der Waals surface area contributed by atoms with E-state index in [4.69, 9.17) is 0 Å². The normalized spacial score (nSPS) is 10.6. The van der Waals surface area contributed by atoms with Crippen LogP contribution in [0.3, 0.4) is 0 Å². The molecule has 1 aromatic heterocycles. The molecule has 8 heteroatoms. The molecule has 0 bridgehead atoms. The fourth-order valence-electron chi connectivity index (χ4n) is 2.69. The highest BCUT2D eigenvalue weighted by Crippen LogP contribution is 2.29. The van der Waals surface area contributed by atoms with Crippen molar-refractivity contribution >= 4 is 51.6 Å². The number of rotatable bonds is 6. The van der Waals surface area contributed by atoms with Crippen LogP contribution in [0.4, 0.5) is 16.5 Å². The molecule has 2 aromatic carbocycles. The first-order chi connectivity index (χ1) is 14.5. The molecule has 0 spiro atoms. The predicted molar refractivity (Wildman–Crippen MR) is 119 cm³/mol. The van der Waals surface area contributed by atoms with Gasteiger partial charge in [-0.1, -0.05) is 24.3 Å². The van der Waals surface area contributed by atoms with Gasteiger partial charge in [0, 0.05) is 36.7 Å². The molecule has 0 saturated carbocycles. The molecule has 3 rings (SSSR count). The molecule has 7 nitrogen and oxygen atoms in total. The number of carbonyl (C=O) groups is 3. The van der Waals surface area contributed by atoms with Gasteiger partial charge in [-0.2, -0.15) is 0 Å². The fourth-order valence-corrected chi connectivity index (χ4v) is 3.54. The second kappa shape index (κ2) is 9.62. The van der Waals surface area contributed by atoms with Crippen LogP contribution >= 0.6 is 11.3 Å². The Balaban J connectivity index is 1.70. The van der Waals surface area contributed by atoms with Crippen LogP contribution in [0.1, 0.15) is 23.0 Å². The number of anilines is 3. The lowest BCUT2D eigenvalue weighted by Gasteiger charge is -2.17. The maximum absolute atomic E-state index is 12.2. The van der Waals surface area contributed by atoms with Gasteiger partial charge >= 0.3 is 0 Å². The van der Waals surface area contributed by atoms with Crippen molar-refractivity contribution in [3.8, 4) is 0 Å². The minimum atomic E-state index is -0.356. The Hall–Kier alpha value is -3.78.